The van der Waals surface area contributed by atoms with Gasteiger partial charge >= 0.3 is 6.18 Å². The van der Waals surface area contributed by atoms with Crippen molar-refractivity contribution >= 4 is 23.3 Å². The first-order valence-electron chi connectivity index (χ1n) is 9.26. The second kappa shape index (κ2) is 8.60. The summed E-state index contributed by atoms with van der Waals surface area (Å²) in [6, 6.07) is 5.46. The van der Waals surface area contributed by atoms with E-state index in [2.05, 4.69) is 4.99 Å². The van der Waals surface area contributed by atoms with Gasteiger partial charge in [0, 0.05) is 30.9 Å². The molecule has 3 rings (SSSR count). The van der Waals surface area contributed by atoms with Crippen LogP contribution >= 0.6 is 0 Å². The predicted octanol–water partition coefficient (Wildman–Crippen LogP) is 5.07. The van der Waals surface area contributed by atoms with Crippen molar-refractivity contribution in [2.24, 2.45) is 4.99 Å². The third kappa shape index (κ3) is 4.64. The second-order valence-electron chi connectivity index (χ2n) is 6.85. The van der Waals surface area contributed by atoms with Crippen molar-refractivity contribution in [3.63, 3.8) is 0 Å². The van der Waals surface area contributed by atoms with Gasteiger partial charge in [0.15, 0.2) is 11.5 Å². The van der Waals surface area contributed by atoms with E-state index >= 15 is 0 Å². The number of nitro benzene ring substituents is 1. The zero-order valence-electron chi connectivity index (χ0n) is 16.1. The van der Waals surface area contributed by atoms with E-state index in [1.807, 2.05) is 4.90 Å². The Morgan fingerprint density at radius 1 is 1.20 bits per heavy atom. The van der Waals surface area contributed by atoms with Gasteiger partial charge in [0.25, 0.3) is 5.69 Å². The summed E-state index contributed by atoms with van der Waals surface area (Å²) >= 11 is 0. The fraction of sp³-hybridized carbons (Fsp3) is 0.350. The number of phenols is 1. The molecule has 2 aromatic rings. The monoisotopic (exact) mass is 423 g/mol. The number of piperidine rings is 1. The lowest BCUT2D eigenvalue weighted by atomic mass is 10.1. The number of anilines is 1. The van der Waals surface area contributed by atoms with Crippen LogP contribution < -0.4 is 9.64 Å². The summed E-state index contributed by atoms with van der Waals surface area (Å²) in [5, 5.41) is 21.4. The third-order valence-corrected chi connectivity index (χ3v) is 4.86. The standard InChI is InChI=1S/C20H20F3N3O4/c1-30-18-11-15(26(28)29)9-13(19(18)27)12-24-16-10-14(20(21,22)23)5-6-17(16)25-7-3-2-4-8-25/h5-6,9-12,27H,2-4,7-8H2,1H3. The summed E-state index contributed by atoms with van der Waals surface area (Å²) in [6.07, 6.45) is -0.535. The van der Waals surface area contributed by atoms with E-state index in [-0.39, 0.29) is 22.7 Å². The molecule has 7 nitrogen and oxygen atoms in total. The van der Waals surface area contributed by atoms with Crippen LogP contribution in [0.3, 0.4) is 0 Å². The summed E-state index contributed by atoms with van der Waals surface area (Å²) in [5.74, 6) is -0.524. The van der Waals surface area contributed by atoms with Crippen molar-refractivity contribution in [3.05, 3.63) is 51.6 Å². The fourth-order valence-corrected chi connectivity index (χ4v) is 3.32. The summed E-state index contributed by atoms with van der Waals surface area (Å²) in [4.78, 5) is 16.6. The molecule has 1 heterocycles. The molecule has 2 aromatic carbocycles. The van der Waals surface area contributed by atoms with Crippen LogP contribution in [0.15, 0.2) is 35.3 Å². The van der Waals surface area contributed by atoms with Crippen LogP contribution in [0.4, 0.5) is 30.2 Å². The lowest BCUT2D eigenvalue weighted by Gasteiger charge is -2.30. The number of alkyl halides is 3. The van der Waals surface area contributed by atoms with Gasteiger partial charge in [0.05, 0.1) is 35.0 Å². The Hall–Kier alpha value is -3.30. The summed E-state index contributed by atoms with van der Waals surface area (Å²) in [6.45, 7) is 1.40. The molecule has 0 unspecified atom stereocenters. The van der Waals surface area contributed by atoms with E-state index in [1.165, 1.54) is 13.2 Å². The van der Waals surface area contributed by atoms with Crippen LogP contribution in [-0.2, 0) is 6.18 Å². The van der Waals surface area contributed by atoms with Gasteiger partial charge in [-0.2, -0.15) is 13.2 Å². The molecule has 0 aliphatic carbocycles. The largest absolute Gasteiger partial charge is 0.504 e. The first-order valence-corrected chi connectivity index (χ1v) is 9.26. The molecule has 0 radical (unpaired) electrons. The molecule has 10 heteroatoms. The number of aromatic hydroxyl groups is 1. The molecule has 0 aromatic heterocycles. The number of hydrogen-bond donors (Lipinski definition) is 1. The van der Waals surface area contributed by atoms with Gasteiger partial charge in [-0.3, -0.25) is 15.1 Å². The van der Waals surface area contributed by atoms with Crippen molar-refractivity contribution in [1.82, 2.24) is 0 Å². The highest BCUT2D eigenvalue weighted by atomic mass is 19.4. The molecular weight excluding hydrogens is 403 g/mol. The maximum atomic E-state index is 13.2. The number of non-ortho nitro benzene ring substituents is 1. The zero-order valence-corrected chi connectivity index (χ0v) is 16.1. The lowest BCUT2D eigenvalue weighted by molar-refractivity contribution is -0.385. The van der Waals surface area contributed by atoms with Gasteiger partial charge in [-0.25, -0.2) is 0 Å². The quantitative estimate of drug-likeness (QED) is 0.412. The SMILES string of the molecule is COc1cc([N+](=O)[O-])cc(C=Nc2cc(C(F)(F)F)ccc2N2CCCCC2)c1O. The van der Waals surface area contributed by atoms with Crippen molar-refractivity contribution in [3.8, 4) is 11.5 Å². The average Bonchev–Trinajstić information content (AvgIpc) is 2.72. The van der Waals surface area contributed by atoms with Crippen LogP contribution in [-0.4, -0.2) is 36.4 Å². The molecule has 1 N–H and O–H groups in total. The Bertz CT molecular complexity index is 970. The summed E-state index contributed by atoms with van der Waals surface area (Å²) < 4.78 is 44.6. The minimum absolute atomic E-state index is 0.0388. The molecule has 1 aliphatic rings. The molecule has 1 saturated heterocycles. The Morgan fingerprint density at radius 3 is 2.50 bits per heavy atom. The van der Waals surface area contributed by atoms with Crippen LogP contribution in [0.25, 0.3) is 0 Å². The lowest BCUT2D eigenvalue weighted by Crippen LogP contribution is -2.29. The predicted molar refractivity (Wildman–Crippen MR) is 106 cm³/mol. The van der Waals surface area contributed by atoms with Crippen molar-refractivity contribution < 1.29 is 27.9 Å². The molecule has 30 heavy (non-hydrogen) atoms. The van der Waals surface area contributed by atoms with Crippen molar-refractivity contribution in [2.75, 3.05) is 25.1 Å². The normalized spacial score (nSPS) is 14.9. The smallest absolute Gasteiger partial charge is 0.416 e. The molecule has 0 spiro atoms. The highest BCUT2D eigenvalue weighted by Gasteiger charge is 2.31. The Morgan fingerprint density at radius 2 is 1.90 bits per heavy atom. The zero-order chi connectivity index (χ0) is 21.9. The number of hydrogen-bond acceptors (Lipinski definition) is 6. The molecule has 1 aliphatic heterocycles. The number of methoxy groups -OCH3 is 1. The molecule has 160 valence electrons. The number of ether oxygens (including phenoxy) is 1. The van der Waals surface area contributed by atoms with Crippen molar-refractivity contribution in [2.45, 2.75) is 25.4 Å². The second-order valence-corrected chi connectivity index (χ2v) is 6.85. The minimum atomic E-state index is -4.54. The number of rotatable bonds is 5. The Balaban J connectivity index is 2.07. The van der Waals surface area contributed by atoms with E-state index in [9.17, 15) is 28.4 Å². The summed E-state index contributed by atoms with van der Waals surface area (Å²) in [7, 11) is 1.24. The van der Waals surface area contributed by atoms with Crippen molar-refractivity contribution in [1.29, 1.82) is 0 Å². The average molecular weight is 423 g/mol. The molecule has 0 atom stereocenters. The first-order chi connectivity index (χ1) is 14.2. The maximum Gasteiger partial charge on any atom is 0.416 e. The van der Waals surface area contributed by atoms with E-state index in [0.717, 1.165) is 49.7 Å². The number of nitro groups is 1. The maximum absolute atomic E-state index is 13.2. The molecule has 1 fully saturated rings. The third-order valence-electron chi connectivity index (χ3n) is 4.86. The highest BCUT2D eigenvalue weighted by molar-refractivity contribution is 5.89. The molecule has 0 bridgehead atoms. The number of aliphatic imine (C=N–C) groups is 1. The Kier molecular flexibility index (Phi) is 6.14. The van der Waals surface area contributed by atoms with Crippen LogP contribution in [0.1, 0.15) is 30.4 Å². The molecule has 0 amide bonds. The fourth-order valence-electron chi connectivity index (χ4n) is 3.32. The number of benzene rings is 2. The van der Waals surface area contributed by atoms with Crippen LogP contribution in [0, 0.1) is 10.1 Å². The van der Waals surface area contributed by atoms with E-state index < -0.39 is 22.4 Å². The van der Waals surface area contributed by atoms with Gasteiger partial charge in [0.1, 0.15) is 0 Å². The number of halogens is 3. The van der Waals surface area contributed by atoms with Gasteiger partial charge in [0.2, 0.25) is 0 Å². The van der Waals surface area contributed by atoms with Gasteiger partial charge in [-0.1, -0.05) is 0 Å². The number of nitrogens with zero attached hydrogens (tertiary/aromatic N) is 3. The van der Waals surface area contributed by atoms with E-state index in [1.54, 1.807) is 0 Å². The van der Waals surface area contributed by atoms with Gasteiger partial charge < -0.3 is 14.7 Å². The number of phenolic OH excluding ortho intramolecular Hbond substituents is 1. The van der Waals surface area contributed by atoms with Crippen LogP contribution in [0.2, 0.25) is 0 Å². The molecule has 0 saturated carbocycles. The first kappa shape index (κ1) is 21.4. The summed E-state index contributed by atoms with van der Waals surface area (Å²) in [5.41, 5.74) is -0.627. The molecular formula is C20H20F3N3O4. The highest BCUT2D eigenvalue weighted by Crippen LogP contribution is 2.39. The Labute approximate surface area is 170 Å². The van der Waals surface area contributed by atoms with E-state index in [4.69, 9.17) is 4.74 Å². The van der Waals surface area contributed by atoms with E-state index in [0.29, 0.717) is 18.8 Å². The van der Waals surface area contributed by atoms with Gasteiger partial charge in [-0.15, -0.1) is 0 Å². The minimum Gasteiger partial charge on any atom is -0.504 e. The van der Waals surface area contributed by atoms with Gasteiger partial charge in [-0.05, 0) is 37.5 Å². The topological polar surface area (TPSA) is 88.2 Å². The van der Waals surface area contributed by atoms with Crippen LogP contribution in [0.5, 0.6) is 11.5 Å².